The Labute approximate surface area is 148 Å². The van der Waals surface area contributed by atoms with Crippen molar-refractivity contribution in [2.45, 2.75) is 13.5 Å². The molecule has 1 fully saturated rings. The molecular weight excluding hydrogens is 316 g/mol. The fourth-order valence-corrected chi connectivity index (χ4v) is 3.17. The monoisotopic (exact) mass is 342 g/mol. The second-order valence-corrected chi connectivity index (χ2v) is 6.44. The zero-order valence-electron chi connectivity index (χ0n) is 15.0. The number of hydrogen-bond acceptors (Lipinski definition) is 5. The number of aromatic nitrogens is 3. The lowest BCUT2D eigenvalue weighted by atomic mass is 10.1. The number of carbonyl (C=O) groups excluding carboxylic acids is 1. The summed E-state index contributed by atoms with van der Waals surface area (Å²) in [6.07, 6.45) is 5.65. The number of nitrogens with one attached hydrogen (secondary N) is 1. The van der Waals surface area contributed by atoms with E-state index >= 15 is 0 Å². The van der Waals surface area contributed by atoms with Crippen molar-refractivity contribution in [3.8, 4) is 11.3 Å². The van der Waals surface area contributed by atoms with E-state index in [0.29, 0.717) is 0 Å². The van der Waals surface area contributed by atoms with E-state index in [9.17, 15) is 4.79 Å². The molecule has 0 aliphatic carbocycles. The largest absolute Gasteiger partial charge is 0.340 e. The molecule has 1 aliphatic heterocycles. The van der Waals surface area contributed by atoms with Crippen LogP contribution in [0.15, 0.2) is 30.7 Å². The minimum atomic E-state index is 0.179. The summed E-state index contributed by atoms with van der Waals surface area (Å²) in [5, 5.41) is 8.09. The molecule has 1 aliphatic rings. The Morgan fingerprint density at radius 1 is 1.20 bits per heavy atom. The van der Waals surface area contributed by atoms with Gasteiger partial charge in [0.1, 0.15) is 0 Å². The first-order valence-corrected chi connectivity index (χ1v) is 8.75. The molecule has 2 aromatic rings. The van der Waals surface area contributed by atoms with E-state index in [1.807, 2.05) is 28.8 Å². The molecule has 0 bridgehead atoms. The summed E-state index contributed by atoms with van der Waals surface area (Å²) in [7, 11) is 1.95. The summed E-state index contributed by atoms with van der Waals surface area (Å²) in [5.74, 6) is 0.179. The fourth-order valence-electron chi connectivity index (χ4n) is 3.17. The summed E-state index contributed by atoms with van der Waals surface area (Å²) in [6.45, 7) is 7.94. The molecular formula is C18H26N6O. The first-order valence-electron chi connectivity index (χ1n) is 8.75. The van der Waals surface area contributed by atoms with Crippen LogP contribution in [0, 0.1) is 0 Å². The fraction of sp³-hybridized carbons (Fsp3) is 0.500. The molecule has 0 spiro atoms. The predicted octanol–water partition coefficient (Wildman–Crippen LogP) is 0.736. The van der Waals surface area contributed by atoms with E-state index in [4.69, 9.17) is 0 Å². The topological polar surface area (TPSA) is 66.3 Å². The maximum absolute atomic E-state index is 11.4. The van der Waals surface area contributed by atoms with Gasteiger partial charge in [0.05, 0.1) is 5.69 Å². The van der Waals surface area contributed by atoms with Crippen molar-refractivity contribution < 1.29 is 4.79 Å². The molecule has 0 atom stereocenters. The van der Waals surface area contributed by atoms with Crippen LogP contribution in [0.1, 0.15) is 12.5 Å². The highest BCUT2D eigenvalue weighted by molar-refractivity contribution is 5.73. The molecule has 1 saturated heterocycles. The second kappa shape index (κ2) is 8.22. The third kappa shape index (κ3) is 4.64. The van der Waals surface area contributed by atoms with Crippen molar-refractivity contribution in [1.29, 1.82) is 0 Å². The quantitative estimate of drug-likeness (QED) is 0.784. The normalized spacial score (nSPS) is 15.5. The van der Waals surface area contributed by atoms with Gasteiger partial charge in [-0.1, -0.05) is 0 Å². The third-order valence-electron chi connectivity index (χ3n) is 4.60. The van der Waals surface area contributed by atoms with E-state index in [2.05, 4.69) is 26.5 Å². The lowest BCUT2D eigenvalue weighted by Gasteiger charge is -2.34. The van der Waals surface area contributed by atoms with Crippen LogP contribution in [0.3, 0.4) is 0 Å². The molecule has 7 nitrogen and oxygen atoms in total. The molecule has 1 amide bonds. The highest BCUT2D eigenvalue weighted by Crippen LogP contribution is 2.20. The highest BCUT2D eigenvalue weighted by Gasteiger charge is 2.18. The first kappa shape index (κ1) is 17.6. The van der Waals surface area contributed by atoms with Crippen molar-refractivity contribution in [1.82, 2.24) is 29.9 Å². The average molecular weight is 342 g/mol. The van der Waals surface area contributed by atoms with Crippen molar-refractivity contribution in [2.75, 3.05) is 39.3 Å². The van der Waals surface area contributed by atoms with Crippen LogP contribution in [0.25, 0.3) is 11.3 Å². The van der Waals surface area contributed by atoms with Gasteiger partial charge in [0.25, 0.3) is 0 Å². The molecule has 134 valence electrons. The van der Waals surface area contributed by atoms with E-state index in [1.165, 1.54) is 5.56 Å². The predicted molar refractivity (Wildman–Crippen MR) is 96.8 cm³/mol. The van der Waals surface area contributed by atoms with Gasteiger partial charge < -0.3 is 10.2 Å². The first-order chi connectivity index (χ1) is 12.1. The van der Waals surface area contributed by atoms with Gasteiger partial charge in [-0.2, -0.15) is 5.10 Å². The molecule has 0 radical (unpaired) electrons. The van der Waals surface area contributed by atoms with E-state index in [-0.39, 0.29) is 5.91 Å². The Morgan fingerprint density at radius 2 is 1.92 bits per heavy atom. The van der Waals surface area contributed by atoms with Gasteiger partial charge in [-0.3, -0.25) is 19.4 Å². The second-order valence-electron chi connectivity index (χ2n) is 6.44. The van der Waals surface area contributed by atoms with Crippen LogP contribution in [0.5, 0.6) is 0 Å². The number of hydrogen-bond donors (Lipinski definition) is 1. The number of aryl methyl sites for hydroxylation is 1. The van der Waals surface area contributed by atoms with Crippen LogP contribution in [-0.4, -0.2) is 69.7 Å². The van der Waals surface area contributed by atoms with Crippen LogP contribution in [0.4, 0.5) is 0 Å². The average Bonchev–Trinajstić information content (AvgIpc) is 3.00. The lowest BCUT2D eigenvalue weighted by Crippen LogP contribution is -2.49. The number of carbonyl (C=O) groups is 1. The summed E-state index contributed by atoms with van der Waals surface area (Å²) in [5.41, 5.74) is 3.29. The van der Waals surface area contributed by atoms with E-state index in [0.717, 1.165) is 57.1 Å². The SMILES string of the molecule is CC(=O)N1CCN(CCNCc2cn(C)nc2-c2ccncc2)CC1. The maximum atomic E-state index is 11.4. The number of rotatable bonds is 6. The van der Waals surface area contributed by atoms with Gasteiger partial charge in [-0.25, -0.2) is 0 Å². The molecule has 3 rings (SSSR count). The van der Waals surface area contributed by atoms with E-state index in [1.54, 1.807) is 19.3 Å². The molecule has 3 heterocycles. The highest BCUT2D eigenvalue weighted by atomic mass is 16.2. The van der Waals surface area contributed by atoms with Crippen molar-refractivity contribution >= 4 is 5.91 Å². The van der Waals surface area contributed by atoms with Crippen molar-refractivity contribution in [3.05, 3.63) is 36.3 Å². The molecule has 25 heavy (non-hydrogen) atoms. The standard InChI is InChI=1S/C18H26N6O/c1-15(25)24-11-9-23(10-12-24)8-7-20-13-17-14-22(2)21-18(17)16-3-5-19-6-4-16/h3-6,14,20H,7-13H2,1-2H3. The minimum absolute atomic E-state index is 0.179. The van der Waals surface area contributed by atoms with Crippen molar-refractivity contribution in [3.63, 3.8) is 0 Å². The van der Waals surface area contributed by atoms with Crippen molar-refractivity contribution in [2.24, 2.45) is 7.05 Å². The van der Waals surface area contributed by atoms with Crippen LogP contribution in [0.2, 0.25) is 0 Å². The summed E-state index contributed by atoms with van der Waals surface area (Å²) >= 11 is 0. The van der Waals surface area contributed by atoms with Crippen LogP contribution >= 0.6 is 0 Å². The lowest BCUT2D eigenvalue weighted by molar-refractivity contribution is -0.130. The smallest absolute Gasteiger partial charge is 0.219 e. The number of pyridine rings is 1. The van der Waals surface area contributed by atoms with Crippen LogP contribution in [-0.2, 0) is 18.4 Å². The Kier molecular flexibility index (Phi) is 5.78. The summed E-state index contributed by atoms with van der Waals surface area (Å²) in [6, 6.07) is 3.97. The molecule has 2 aromatic heterocycles. The van der Waals surface area contributed by atoms with Crippen LogP contribution < -0.4 is 5.32 Å². The third-order valence-corrected chi connectivity index (χ3v) is 4.60. The van der Waals surface area contributed by atoms with Gasteiger partial charge in [-0.15, -0.1) is 0 Å². The molecule has 0 unspecified atom stereocenters. The number of piperazine rings is 1. The Hall–Kier alpha value is -2.25. The van der Waals surface area contributed by atoms with Gasteiger partial charge in [0.2, 0.25) is 5.91 Å². The number of nitrogens with zero attached hydrogens (tertiary/aromatic N) is 5. The zero-order chi connectivity index (χ0) is 17.6. The molecule has 7 heteroatoms. The van der Waals surface area contributed by atoms with Gasteiger partial charge in [0.15, 0.2) is 0 Å². The van der Waals surface area contributed by atoms with Gasteiger partial charge >= 0.3 is 0 Å². The van der Waals surface area contributed by atoms with E-state index < -0.39 is 0 Å². The molecule has 1 N–H and O–H groups in total. The zero-order valence-corrected chi connectivity index (χ0v) is 15.0. The summed E-state index contributed by atoms with van der Waals surface area (Å²) in [4.78, 5) is 19.7. The molecule has 0 saturated carbocycles. The van der Waals surface area contributed by atoms with Gasteiger partial charge in [-0.05, 0) is 12.1 Å². The van der Waals surface area contributed by atoms with Gasteiger partial charge in [0, 0.05) is 89.5 Å². The minimum Gasteiger partial charge on any atom is -0.340 e. The Bertz CT molecular complexity index is 691. The molecule has 0 aromatic carbocycles. The maximum Gasteiger partial charge on any atom is 0.219 e. The Morgan fingerprint density at radius 3 is 2.60 bits per heavy atom. The number of amides is 1. The summed E-state index contributed by atoms with van der Waals surface area (Å²) < 4.78 is 1.85. The Balaban J connectivity index is 1.46.